The lowest BCUT2D eigenvalue weighted by Gasteiger charge is -2.18. The van der Waals surface area contributed by atoms with Crippen molar-refractivity contribution in [3.05, 3.63) is 42.7 Å². The van der Waals surface area contributed by atoms with Crippen molar-refractivity contribution in [3.8, 4) is 0 Å². The number of benzene rings is 1. The zero-order valence-corrected chi connectivity index (χ0v) is 17.9. The number of thioether (sulfide) groups is 1. The lowest BCUT2D eigenvalue weighted by Crippen LogP contribution is -2.32. The van der Waals surface area contributed by atoms with Gasteiger partial charge >= 0.3 is 0 Å². The number of rotatable bonds is 6. The molecule has 0 spiro atoms. The minimum atomic E-state index is -1.21. The van der Waals surface area contributed by atoms with E-state index in [-0.39, 0.29) is 17.6 Å². The number of hydrogen-bond acceptors (Lipinski definition) is 9. The predicted molar refractivity (Wildman–Crippen MR) is 116 cm³/mol. The summed E-state index contributed by atoms with van der Waals surface area (Å²) in [6.07, 6.45) is 0.990. The summed E-state index contributed by atoms with van der Waals surface area (Å²) in [4.78, 5) is 13.4. The maximum atomic E-state index is 13.9. The average Bonchev–Trinajstić information content (AvgIpc) is 3.47. The number of hydrogen-bond donors (Lipinski definition) is 4. The Balaban J connectivity index is 1.34. The van der Waals surface area contributed by atoms with E-state index in [1.54, 1.807) is 22.8 Å². The van der Waals surface area contributed by atoms with Gasteiger partial charge in [0.05, 0.1) is 24.6 Å². The number of imidazole rings is 1. The van der Waals surface area contributed by atoms with Crippen molar-refractivity contribution in [1.82, 2.24) is 19.5 Å². The van der Waals surface area contributed by atoms with Crippen molar-refractivity contribution in [2.45, 2.75) is 60.8 Å². The van der Waals surface area contributed by atoms with Gasteiger partial charge in [0.2, 0.25) is 0 Å². The molecule has 1 saturated heterocycles. The van der Waals surface area contributed by atoms with Crippen LogP contribution in [0, 0.1) is 5.82 Å². The second-order valence-corrected chi connectivity index (χ2v) is 9.14. The predicted octanol–water partition coefficient (Wildman–Crippen LogP) is 1.70. The first-order chi connectivity index (χ1) is 15.5. The van der Waals surface area contributed by atoms with Crippen molar-refractivity contribution in [1.29, 1.82) is 0 Å². The van der Waals surface area contributed by atoms with Gasteiger partial charge in [-0.3, -0.25) is 4.57 Å². The van der Waals surface area contributed by atoms with E-state index in [2.05, 4.69) is 20.3 Å². The average molecular weight is 462 g/mol. The molecule has 0 bridgehead atoms. The van der Waals surface area contributed by atoms with Crippen LogP contribution in [-0.2, 0) is 4.74 Å². The van der Waals surface area contributed by atoms with Crippen LogP contribution in [0.2, 0.25) is 0 Å². The second kappa shape index (κ2) is 8.91. The van der Waals surface area contributed by atoms with E-state index in [1.165, 1.54) is 30.5 Å². The zero-order chi connectivity index (χ0) is 22.2. The van der Waals surface area contributed by atoms with Crippen LogP contribution < -0.4 is 5.32 Å². The number of anilines is 1. The fourth-order valence-corrected chi connectivity index (χ4v) is 5.26. The summed E-state index contributed by atoms with van der Waals surface area (Å²) in [5, 5.41) is 34.5. The monoisotopic (exact) mass is 461 g/mol. The van der Waals surface area contributed by atoms with Gasteiger partial charge in [-0.2, -0.15) is 0 Å². The summed E-state index contributed by atoms with van der Waals surface area (Å²) in [6.45, 7) is 0. The lowest BCUT2D eigenvalue weighted by molar-refractivity contribution is -0.0289. The molecular weight excluding hydrogens is 437 g/mol. The first-order valence-electron chi connectivity index (χ1n) is 10.5. The summed E-state index contributed by atoms with van der Waals surface area (Å²) in [5.74, 6) is 0.426. The number of halogens is 1. The fourth-order valence-electron chi connectivity index (χ4n) is 4.26. The second-order valence-electron chi connectivity index (χ2n) is 8.08. The number of nitrogens with zero attached hydrogens (tertiary/aromatic N) is 4. The van der Waals surface area contributed by atoms with Gasteiger partial charge in [-0.1, -0.05) is 12.1 Å². The largest absolute Gasteiger partial charge is 0.391 e. The van der Waals surface area contributed by atoms with Gasteiger partial charge in [-0.25, -0.2) is 19.3 Å². The van der Waals surface area contributed by atoms with Crippen LogP contribution in [-0.4, -0.2) is 71.0 Å². The Hall–Kier alpha value is -2.31. The van der Waals surface area contributed by atoms with Crippen LogP contribution >= 0.6 is 11.8 Å². The standard InChI is InChI=1S/C21H24FN5O4S/c22-11-4-1-2-7-15(11)32-8-14-17(29)18(30)21(31-14)27-10-25-16-19(23-9-24-20(16)27)26-12-5-3-6-13(12)28/h1-2,4,7,9-10,12-14,17-18,21,28-30H,3,5-6,8H2,(H,23,24,26)/t12-,13-,14-,17+,18+,21-/m1/s1. The number of fused-ring (bicyclic) bond motifs is 1. The Morgan fingerprint density at radius 1 is 1.12 bits per heavy atom. The van der Waals surface area contributed by atoms with E-state index < -0.39 is 30.6 Å². The molecule has 2 aromatic heterocycles. The molecule has 2 fully saturated rings. The highest BCUT2D eigenvalue weighted by atomic mass is 32.2. The molecule has 1 aliphatic heterocycles. The fraction of sp³-hybridized carbons (Fsp3) is 0.476. The van der Waals surface area contributed by atoms with Gasteiger partial charge < -0.3 is 25.4 Å². The van der Waals surface area contributed by atoms with Gasteiger partial charge in [0.15, 0.2) is 23.2 Å². The number of aliphatic hydroxyl groups is 3. The van der Waals surface area contributed by atoms with Crippen LogP contribution in [0.5, 0.6) is 0 Å². The minimum Gasteiger partial charge on any atom is -0.391 e. The van der Waals surface area contributed by atoms with Crippen molar-refractivity contribution >= 4 is 28.7 Å². The maximum absolute atomic E-state index is 13.9. The highest BCUT2D eigenvalue weighted by molar-refractivity contribution is 7.99. The Morgan fingerprint density at radius 3 is 2.75 bits per heavy atom. The summed E-state index contributed by atoms with van der Waals surface area (Å²) in [6, 6.07) is 6.28. The molecular formula is C21H24FN5O4S. The Kier molecular flexibility index (Phi) is 5.99. The smallest absolute Gasteiger partial charge is 0.167 e. The van der Waals surface area contributed by atoms with Crippen LogP contribution in [0.4, 0.5) is 10.2 Å². The highest BCUT2D eigenvalue weighted by Gasteiger charge is 2.44. The molecule has 3 heterocycles. The van der Waals surface area contributed by atoms with Gasteiger partial charge in [-0.05, 0) is 31.4 Å². The van der Waals surface area contributed by atoms with E-state index in [9.17, 15) is 19.7 Å². The van der Waals surface area contributed by atoms with E-state index >= 15 is 0 Å². The Labute approximate surface area is 187 Å². The summed E-state index contributed by atoms with van der Waals surface area (Å²) in [5.41, 5.74) is 0.926. The van der Waals surface area contributed by atoms with Crippen LogP contribution in [0.25, 0.3) is 11.2 Å². The Bertz CT molecular complexity index is 1100. The molecule has 11 heteroatoms. The summed E-state index contributed by atoms with van der Waals surface area (Å²) < 4.78 is 21.4. The molecule has 1 aromatic carbocycles. The van der Waals surface area contributed by atoms with E-state index in [1.807, 2.05) is 0 Å². The summed E-state index contributed by atoms with van der Waals surface area (Å²) in [7, 11) is 0. The third kappa shape index (κ3) is 3.95. The maximum Gasteiger partial charge on any atom is 0.167 e. The van der Waals surface area contributed by atoms with E-state index in [0.29, 0.717) is 21.9 Å². The molecule has 3 aromatic rings. The third-order valence-corrected chi connectivity index (χ3v) is 7.15. The Morgan fingerprint density at radius 2 is 1.97 bits per heavy atom. The number of nitrogens with one attached hydrogen (secondary N) is 1. The van der Waals surface area contributed by atoms with Crippen LogP contribution in [0.1, 0.15) is 25.5 Å². The molecule has 170 valence electrons. The number of aliphatic hydroxyl groups excluding tert-OH is 3. The van der Waals surface area contributed by atoms with Crippen LogP contribution in [0.3, 0.4) is 0 Å². The lowest BCUT2D eigenvalue weighted by atomic mass is 10.1. The normalized spacial score (nSPS) is 30.2. The molecule has 5 rings (SSSR count). The van der Waals surface area contributed by atoms with Gasteiger partial charge in [0, 0.05) is 10.6 Å². The number of ether oxygens (including phenoxy) is 1. The SMILES string of the molecule is O[C@@H]1[C@H](O)[C@H](n2cnc3c(N[C@@H]4CCC[C@H]4O)ncnc32)O[C@@H]1CSc1ccccc1F. The molecule has 2 aliphatic rings. The van der Waals surface area contributed by atoms with Crippen molar-refractivity contribution in [2.24, 2.45) is 0 Å². The van der Waals surface area contributed by atoms with Crippen molar-refractivity contribution < 1.29 is 24.4 Å². The van der Waals surface area contributed by atoms with Gasteiger partial charge in [0.1, 0.15) is 24.4 Å². The van der Waals surface area contributed by atoms with E-state index in [4.69, 9.17) is 4.74 Å². The molecule has 4 N–H and O–H groups in total. The molecule has 1 saturated carbocycles. The quantitative estimate of drug-likeness (QED) is 0.406. The zero-order valence-electron chi connectivity index (χ0n) is 17.1. The molecule has 32 heavy (non-hydrogen) atoms. The van der Waals surface area contributed by atoms with E-state index in [0.717, 1.165) is 19.3 Å². The molecule has 0 unspecified atom stereocenters. The first kappa shape index (κ1) is 21.5. The molecule has 9 nitrogen and oxygen atoms in total. The first-order valence-corrected chi connectivity index (χ1v) is 11.5. The molecule has 1 aliphatic carbocycles. The third-order valence-electron chi connectivity index (χ3n) is 6.01. The van der Waals surface area contributed by atoms with Gasteiger partial charge in [-0.15, -0.1) is 11.8 Å². The van der Waals surface area contributed by atoms with Crippen molar-refractivity contribution in [2.75, 3.05) is 11.1 Å². The molecule has 0 amide bonds. The van der Waals surface area contributed by atoms with Crippen molar-refractivity contribution in [3.63, 3.8) is 0 Å². The molecule has 0 radical (unpaired) electrons. The highest BCUT2D eigenvalue weighted by Crippen LogP contribution is 2.35. The number of aromatic nitrogens is 4. The van der Waals surface area contributed by atoms with Crippen LogP contribution in [0.15, 0.2) is 41.8 Å². The van der Waals surface area contributed by atoms with Gasteiger partial charge in [0.25, 0.3) is 0 Å². The minimum absolute atomic E-state index is 0.104. The molecule has 6 atom stereocenters. The topological polar surface area (TPSA) is 126 Å². The summed E-state index contributed by atoms with van der Waals surface area (Å²) >= 11 is 1.22.